The zero-order valence-electron chi connectivity index (χ0n) is 19.8. The fraction of sp³-hybridized carbons (Fsp3) is 0.241. The number of benzene rings is 3. The molecule has 0 bridgehead atoms. The Kier molecular flexibility index (Phi) is 8.77. The summed E-state index contributed by atoms with van der Waals surface area (Å²) in [5.41, 5.74) is 5.98. The largest absolute Gasteiger partial charge is 0.490 e. The van der Waals surface area contributed by atoms with E-state index in [0.29, 0.717) is 25.2 Å². The first-order valence-electron chi connectivity index (χ1n) is 11.3. The Bertz CT molecular complexity index is 1130. The molecule has 3 rings (SSSR count). The molecule has 0 heterocycles. The Morgan fingerprint density at radius 3 is 1.91 bits per heavy atom. The van der Waals surface area contributed by atoms with Gasteiger partial charge in [-0.15, -0.1) is 0 Å². The Labute approximate surface area is 200 Å². The molecule has 0 aromatic heterocycles. The second-order valence-electron chi connectivity index (χ2n) is 8.04. The molecule has 176 valence electrons. The number of carbonyl (C=O) groups excluding carboxylic acids is 1. The van der Waals surface area contributed by atoms with Crippen molar-refractivity contribution in [3.05, 3.63) is 95.6 Å². The predicted octanol–water partition coefficient (Wildman–Crippen LogP) is 6.07. The van der Waals surface area contributed by atoms with E-state index in [4.69, 9.17) is 9.47 Å². The minimum absolute atomic E-state index is 0.0641. The molecule has 34 heavy (non-hydrogen) atoms. The molecule has 1 unspecified atom stereocenters. The first-order chi connectivity index (χ1) is 16.4. The molecule has 5 nitrogen and oxygen atoms in total. The molecule has 5 heteroatoms. The lowest BCUT2D eigenvalue weighted by Crippen LogP contribution is -2.26. The summed E-state index contributed by atoms with van der Waals surface area (Å²) < 4.78 is 11.1. The van der Waals surface area contributed by atoms with Gasteiger partial charge in [0, 0.05) is 18.6 Å². The van der Waals surface area contributed by atoms with Gasteiger partial charge < -0.3 is 14.6 Å². The maximum Gasteiger partial charge on any atom is 0.333 e. The van der Waals surface area contributed by atoms with Crippen LogP contribution >= 0.6 is 0 Å². The van der Waals surface area contributed by atoms with E-state index in [9.17, 15) is 14.7 Å². The molecule has 0 spiro atoms. The lowest BCUT2D eigenvalue weighted by molar-refractivity contribution is -0.149. The maximum absolute atomic E-state index is 11.4. The minimum atomic E-state index is -0.957. The van der Waals surface area contributed by atoms with E-state index < -0.39 is 12.1 Å². The van der Waals surface area contributed by atoms with Gasteiger partial charge in [0.1, 0.15) is 12.4 Å². The summed E-state index contributed by atoms with van der Waals surface area (Å²) in [6, 6.07) is 23.3. The van der Waals surface area contributed by atoms with Crippen molar-refractivity contribution in [1.82, 2.24) is 0 Å². The topological polar surface area (TPSA) is 72.8 Å². The summed E-state index contributed by atoms with van der Waals surface area (Å²) in [5.74, 6) is -0.170. The smallest absolute Gasteiger partial charge is 0.333 e. The number of Topliss-reactive ketones (excluding diaryl/α,β-unsaturated/α-hetero) is 1. The standard InChI is InChI=1S/C29H30O5/c1-4-33-28(29(31)32)19-22-5-15-27(16-6-22)34-18-17-20(2)23-7-11-25(12-8-23)26-13-9-24(10-14-26)21(3)30/h5-17,28H,4,18-19H2,1-3H3,(H,31,32)/b20-17-. The molecular formula is C29H30O5. The lowest BCUT2D eigenvalue weighted by atomic mass is 9.99. The third kappa shape index (κ3) is 6.90. The van der Waals surface area contributed by atoms with Gasteiger partial charge >= 0.3 is 5.97 Å². The van der Waals surface area contributed by atoms with Crippen LogP contribution in [0.2, 0.25) is 0 Å². The molecule has 0 saturated carbocycles. The zero-order chi connectivity index (χ0) is 24.5. The molecule has 0 fully saturated rings. The summed E-state index contributed by atoms with van der Waals surface area (Å²) in [5, 5.41) is 9.22. The predicted molar refractivity (Wildman–Crippen MR) is 134 cm³/mol. The first-order valence-corrected chi connectivity index (χ1v) is 11.3. The van der Waals surface area contributed by atoms with E-state index in [1.54, 1.807) is 13.8 Å². The van der Waals surface area contributed by atoms with Gasteiger partial charge in [-0.25, -0.2) is 4.79 Å². The van der Waals surface area contributed by atoms with Crippen LogP contribution in [0.3, 0.4) is 0 Å². The molecule has 0 aliphatic carbocycles. The number of allylic oxidation sites excluding steroid dienone is 1. The summed E-state index contributed by atoms with van der Waals surface area (Å²) >= 11 is 0. The molecular weight excluding hydrogens is 428 g/mol. The van der Waals surface area contributed by atoms with Crippen molar-refractivity contribution in [2.24, 2.45) is 0 Å². The number of carboxylic acids is 1. The molecule has 0 radical (unpaired) electrons. The third-order valence-corrected chi connectivity index (χ3v) is 5.59. The number of hydrogen-bond donors (Lipinski definition) is 1. The highest BCUT2D eigenvalue weighted by atomic mass is 16.5. The summed E-state index contributed by atoms with van der Waals surface area (Å²) in [6.07, 6.45) is 1.51. The number of carboxylic acid groups (broad SMARTS) is 1. The lowest BCUT2D eigenvalue weighted by Gasteiger charge is -2.12. The van der Waals surface area contributed by atoms with Crippen molar-refractivity contribution < 1.29 is 24.2 Å². The van der Waals surface area contributed by atoms with Crippen molar-refractivity contribution >= 4 is 17.3 Å². The van der Waals surface area contributed by atoms with Gasteiger partial charge in [0.15, 0.2) is 11.9 Å². The molecule has 0 saturated heterocycles. The minimum Gasteiger partial charge on any atom is -0.490 e. The highest BCUT2D eigenvalue weighted by Gasteiger charge is 2.17. The average Bonchev–Trinajstić information content (AvgIpc) is 2.85. The first kappa shape index (κ1) is 24.9. The van der Waals surface area contributed by atoms with Gasteiger partial charge in [-0.05, 0) is 66.8 Å². The van der Waals surface area contributed by atoms with Crippen LogP contribution in [0.25, 0.3) is 16.7 Å². The number of ether oxygens (including phenoxy) is 2. The third-order valence-electron chi connectivity index (χ3n) is 5.59. The molecule has 1 atom stereocenters. The molecule has 3 aromatic rings. The highest BCUT2D eigenvalue weighted by Crippen LogP contribution is 2.23. The van der Waals surface area contributed by atoms with Gasteiger partial charge in [-0.3, -0.25) is 4.79 Å². The van der Waals surface area contributed by atoms with Crippen LogP contribution in [0.4, 0.5) is 0 Å². The van der Waals surface area contributed by atoms with Crippen LogP contribution in [-0.2, 0) is 16.0 Å². The Hall–Kier alpha value is -3.70. The number of hydrogen-bond acceptors (Lipinski definition) is 4. The number of aliphatic carboxylic acids is 1. The van der Waals surface area contributed by atoms with Crippen molar-refractivity contribution in [1.29, 1.82) is 0 Å². The van der Waals surface area contributed by atoms with Crippen LogP contribution < -0.4 is 4.74 Å². The van der Waals surface area contributed by atoms with E-state index in [1.165, 1.54) is 0 Å². The quantitative estimate of drug-likeness (QED) is 0.353. The van der Waals surface area contributed by atoms with Gasteiger partial charge in [0.05, 0.1) is 0 Å². The molecule has 3 aromatic carbocycles. The average molecular weight is 459 g/mol. The van der Waals surface area contributed by atoms with E-state index in [1.807, 2.05) is 61.5 Å². The van der Waals surface area contributed by atoms with Crippen LogP contribution in [0.15, 0.2) is 78.9 Å². The normalized spacial score (nSPS) is 12.3. The Morgan fingerprint density at radius 1 is 0.853 bits per heavy atom. The van der Waals surface area contributed by atoms with Gasteiger partial charge in [0.2, 0.25) is 0 Å². The molecule has 0 amide bonds. The van der Waals surface area contributed by atoms with Crippen molar-refractivity contribution in [3.8, 4) is 16.9 Å². The Balaban J connectivity index is 1.55. The van der Waals surface area contributed by atoms with Crippen molar-refractivity contribution in [2.75, 3.05) is 13.2 Å². The van der Waals surface area contributed by atoms with Crippen LogP contribution in [0.5, 0.6) is 5.75 Å². The van der Waals surface area contributed by atoms with Crippen LogP contribution in [-0.4, -0.2) is 36.2 Å². The number of ketones is 1. The van der Waals surface area contributed by atoms with Crippen LogP contribution in [0, 0.1) is 0 Å². The second kappa shape index (κ2) is 12.0. The zero-order valence-corrected chi connectivity index (χ0v) is 19.8. The SMILES string of the molecule is CCOC(Cc1ccc(OC/C=C(/C)c2ccc(-c3ccc(C(C)=O)cc3)cc2)cc1)C(=O)O. The van der Waals surface area contributed by atoms with Gasteiger partial charge in [-0.1, -0.05) is 60.7 Å². The summed E-state index contributed by atoms with van der Waals surface area (Å²) in [7, 11) is 0. The molecule has 0 aliphatic rings. The maximum atomic E-state index is 11.4. The van der Waals surface area contributed by atoms with Gasteiger partial charge in [0.25, 0.3) is 0 Å². The van der Waals surface area contributed by atoms with Crippen molar-refractivity contribution in [2.45, 2.75) is 33.3 Å². The van der Waals surface area contributed by atoms with E-state index in [0.717, 1.165) is 33.6 Å². The van der Waals surface area contributed by atoms with E-state index in [-0.39, 0.29) is 5.78 Å². The fourth-order valence-electron chi connectivity index (χ4n) is 3.56. The summed E-state index contributed by atoms with van der Waals surface area (Å²) in [4.78, 5) is 22.7. The monoisotopic (exact) mass is 458 g/mol. The fourth-order valence-corrected chi connectivity index (χ4v) is 3.56. The molecule has 0 aliphatic heterocycles. The number of rotatable bonds is 11. The van der Waals surface area contributed by atoms with Crippen molar-refractivity contribution in [3.63, 3.8) is 0 Å². The number of carbonyl (C=O) groups is 2. The Morgan fingerprint density at radius 2 is 1.41 bits per heavy atom. The van der Waals surface area contributed by atoms with Crippen LogP contribution in [0.1, 0.15) is 42.3 Å². The summed E-state index contributed by atoms with van der Waals surface area (Å²) in [6.45, 7) is 6.18. The van der Waals surface area contributed by atoms with E-state index in [2.05, 4.69) is 24.3 Å². The van der Waals surface area contributed by atoms with E-state index >= 15 is 0 Å². The second-order valence-corrected chi connectivity index (χ2v) is 8.04. The highest BCUT2D eigenvalue weighted by molar-refractivity contribution is 5.94. The van der Waals surface area contributed by atoms with Gasteiger partial charge in [-0.2, -0.15) is 0 Å². The molecule has 1 N–H and O–H groups in total.